The fraction of sp³-hybridized carbons (Fsp3) is 0.381. The molecule has 0 bridgehead atoms. The summed E-state index contributed by atoms with van der Waals surface area (Å²) >= 11 is 5.67. The summed E-state index contributed by atoms with van der Waals surface area (Å²) in [7, 11) is 5.77. The number of anilines is 2. The monoisotopic (exact) mass is 371 g/mol. The highest BCUT2D eigenvalue weighted by molar-refractivity contribution is 7.80. The standard InChI is InChI=1S/C21H29N3OS/c1-5-6-15-22-21(26)24(19-11-13-20(25-4)14-12-19)16-17-7-9-18(10-8-17)23(2)3/h7-14H,5-6,15-16H2,1-4H3,(H,22,26). The Morgan fingerprint density at radius 2 is 1.62 bits per heavy atom. The van der Waals surface area contributed by atoms with Gasteiger partial charge in [0.1, 0.15) is 5.75 Å². The lowest BCUT2D eigenvalue weighted by atomic mass is 10.1. The van der Waals surface area contributed by atoms with Gasteiger partial charge in [-0.15, -0.1) is 0 Å². The molecule has 2 rings (SSSR count). The molecule has 4 nitrogen and oxygen atoms in total. The van der Waals surface area contributed by atoms with Crippen molar-refractivity contribution in [3.05, 3.63) is 54.1 Å². The number of benzene rings is 2. The van der Waals surface area contributed by atoms with Crippen molar-refractivity contribution in [2.24, 2.45) is 0 Å². The summed E-state index contributed by atoms with van der Waals surface area (Å²) in [6.07, 6.45) is 2.25. The van der Waals surface area contributed by atoms with Crippen LogP contribution in [0.5, 0.6) is 5.75 Å². The first-order valence-corrected chi connectivity index (χ1v) is 9.41. The van der Waals surface area contributed by atoms with Crippen LogP contribution in [-0.4, -0.2) is 32.9 Å². The number of nitrogens with one attached hydrogen (secondary N) is 1. The average molecular weight is 372 g/mol. The molecule has 0 aromatic heterocycles. The molecule has 1 N–H and O–H groups in total. The lowest BCUT2D eigenvalue weighted by molar-refractivity contribution is 0.415. The summed E-state index contributed by atoms with van der Waals surface area (Å²) in [6.45, 7) is 3.79. The molecular formula is C21H29N3OS. The maximum atomic E-state index is 5.67. The Bertz CT molecular complexity index is 683. The second-order valence-corrected chi connectivity index (χ2v) is 6.82. The zero-order chi connectivity index (χ0) is 18.9. The van der Waals surface area contributed by atoms with Gasteiger partial charge in [0.05, 0.1) is 13.7 Å². The SMILES string of the molecule is CCCCNC(=S)N(Cc1ccc(N(C)C)cc1)c1ccc(OC)cc1. The summed E-state index contributed by atoms with van der Waals surface area (Å²) < 4.78 is 5.27. The number of thiocarbonyl (C=S) groups is 1. The van der Waals surface area contributed by atoms with Crippen LogP contribution in [0, 0.1) is 0 Å². The number of rotatable bonds is 8. The van der Waals surface area contributed by atoms with E-state index in [0.717, 1.165) is 42.5 Å². The van der Waals surface area contributed by atoms with E-state index in [2.05, 4.69) is 46.3 Å². The smallest absolute Gasteiger partial charge is 0.173 e. The minimum Gasteiger partial charge on any atom is -0.497 e. The number of unbranched alkanes of at least 4 members (excludes halogenated alkanes) is 1. The third-order valence-electron chi connectivity index (χ3n) is 4.23. The van der Waals surface area contributed by atoms with Gasteiger partial charge in [-0.1, -0.05) is 25.5 Å². The van der Waals surface area contributed by atoms with E-state index in [1.165, 1.54) is 11.3 Å². The van der Waals surface area contributed by atoms with Crippen LogP contribution in [0.15, 0.2) is 48.5 Å². The maximum absolute atomic E-state index is 5.67. The van der Waals surface area contributed by atoms with Crippen LogP contribution >= 0.6 is 12.2 Å². The van der Waals surface area contributed by atoms with Crippen LogP contribution in [-0.2, 0) is 6.54 Å². The molecule has 0 amide bonds. The molecule has 0 saturated heterocycles. The molecule has 0 aliphatic heterocycles. The van der Waals surface area contributed by atoms with E-state index in [-0.39, 0.29) is 0 Å². The summed E-state index contributed by atoms with van der Waals surface area (Å²) in [5.74, 6) is 0.842. The van der Waals surface area contributed by atoms with E-state index in [1.807, 2.05) is 38.4 Å². The maximum Gasteiger partial charge on any atom is 0.173 e. The Hall–Kier alpha value is -2.27. The Morgan fingerprint density at radius 3 is 2.15 bits per heavy atom. The van der Waals surface area contributed by atoms with Gasteiger partial charge < -0.3 is 19.9 Å². The molecule has 0 saturated carbocycles. The van der Waals surface area contributed by atoms with Crippen molar-refractivity contribution in [3.63, 3.8) is 0 Å². The van der Waals surface area contributed by atoms with Gasteiger partial charge >= 0.3 is 0 Å². The van der Waals surface area contributed by atoms with Crippen molar-refractivity contribution >= 4 is 28.7 Å². The van der Waals surface area contributed by atoms with Gasteiger partial charge in [-0.2, -0.15) is 0 Å². The van der Waals surface area contributed by atoms with E-state index in [1.54, 1.807) is 7.11 Å². The molecule has 0 aliphatic rings. The highest BCUT2D eigenvalue weighted by atomic mass is 32.1. The van der Waals surface area contributed by atoms with Gasteiger partial charge in [0.15, 0.2) is 5.11 Å². The van der Waals surface area contributed by atoms with Gasteiger partial charge in [-0.05, 0) is 60.6 Å². The number of ether oxygens (including phenoxy) is 1. The minimum atomic E-state index is 0.720. The van der Waals surface area contributed by atoms with Crippen LogP contribution in [0.3, 0.4) is 0 Å². The third kappa shape index (κ3) is 5.63. The molecule has 2 aromatic carbocycles. The summed E-state index contributed by atoms with van der Waals surface area (Å²) in [5.41, 5.74) is 3.45. The average Bonchev–Trinajstić information content (AvgIpc) is 2.66. The first-order chi connectivity index (χ1) is 12.5. The fourth-order valence-corrected chi connectivity index (χ4v) is 2.86. The minimum absolute atomic E-state index is 0.720. The van der Waals surface area contributed by atoms with Gasteiger partial charge in [0.2, 0.25) is 0 Å². The molecule has 5 heteroatoms. The molecule has 0 aliphatic carbocycles. The summed E-state index contributed by atoms with van der Waals surface area (Å²) in [5, 5.41) is 4.13. The lowest BCUT2D eigenvalue weighted by Gasteiger charge is -2.26. The second-order valence-electron chi connectivity index (χ2n) is 6.43. The Labute approximate surface area is 162 Å². The molecule has 26 heavy (non-hydrogen) atoms. The molecular weight excluding hydrogens is 342 g/mol. The number of hydrogen-bond acceptors (Lipinski definition) is 3. The molecule has 0 radical (unpaired) electrons. The zero-order valence-corrected chi connectivity index (χ0v) is 17.0. The van der Waals surface area contributed by atoms with Gasteiger partial charge in [-0.25, -0.2) is 0 Å². The number of nitrogens with zero attached hydrogens (tertiary/aromatic N) is 2. The highest BCUT2D eigenvalue weighted by Gasteiger charge is 2.13. The van der Waals surface area contributed by atoms with Crippen molar-refractivity contribution in [1.82, 2.24) is 5.32 Å². The van der Waals surface area contributed by atoms with Gasteiger partial charge in [-0.3, -0.25) is 0 Å². The topological polar surface area (TPSA) is 27.7 Å². The van der Waals surface area contributed by atoms with Gasteiger partial charge in [0, 0.05) is 32.0 Å². The van der Waals surface area contributed by atoms with Crippen molar-refractivity contribution in [1.29, 1.82) is 0 Å². The van der Waals surface area contributed by atoms with E-state index >= 15 is 0 Å². The van der Waals surface area contributed by atoms with Gasteiger partial charge in [0.25, 0.3) is 0 Å². The highest BCUT2D eigenvalue weighted by Crippen LogP contribution is 2.22. The van der Waals surface area contributed by atoms with Crippen molar-refractivity contribution in [2.75, 3.05) is 37.5 Å². The van der Waals surface area contributed by atoms with Crippen LogP contribution in [0.25, 0.3) is 0 Å². The number of methoxy groups -OCH3 is 1. The Kier molecular flexibility index (Phi) is 7.73. The van der Waals surface area contributed by atoms with Crippen molar-refractivity contribution in [2.45, 2.75) is 26.3 Å². The lowest BCUT2D eigenvalue weighted by Crippen LogP contribution is -2.39. The predicted octanol–water partition coefficient (Wildman–Crippen LogP) is 4.44. The molecule has 2 aromatic rings. The molecule has 0 spiro atoms. The van der Waals surface area contributed by atoms with Crippen molar-refractivity contribution < 1.29 is 4.74 Å². The van der Waals surface area contributed by atoms with Crippen LogP contribution in [0.4, 0.5) is 11.4 Å². The molecule has 140 valence electrons. The van der Waals surface area contributed by atoms with E-state index in [4.69, 9.17) is 17.0 Å². The molecule has 0 atom stereocenters. The van der Waals surface area contributed by atoms with Crippen LogP contribution < -0.4 is 19.9 Å². The first-order valence-electron chi connectivity index (χ1n) is 9.00. The summed E-state index contributed by atoms with van der Waals surface area (Å²) in [6, 6.07) is 16.6. The normalized spacial score (nSPS) is 10.3. The quantitative estimate of drug-likeness (QED) is 0.547. The Balaban J connectivity index is 2.19. The molecule has 0 unspecified atom stereocenters. The first kappa shape index (κ1) is 20.0. The second kappa shape index (κ2) is 10.0. The molecule has 0 heterocycles. The largest absolute Gasteiger partial charge is 0.497 e. The summed E-state index contributed by atoms with van der Waals surface area (Å²) in [4.78, 5) is 4.23. The number of hydrogen-bond donors (Lipinski definition) is 1. The third-order valence-corrected chi connectivity index (χ3v) is 4.59. The van der Waals surface area contributed by atoms with E-state index < -0.39 is 0 Å². The zero-order valence-electron chi connectivity index (χ0n) is 16.2. The van der Waals surface area contributed by atoms with E-state index in [9.17, 15) is 0 Å². The van der Waals surface area contributed by atoms with Crippen LogP contribution in [0.2, 0.25) is 0 Å². The van der Waals surface area contributed by atoms with Crippen molar-refractivity contribution in [3.8, 4) is 5.75 Å². The Morgan fingerprint density at radius 1 is 1.00 bits per heavy atom. The fourth-order valence-electron chi connectivity index (χ4n) is 2.59. The predicted molar refractivity (Wildman–Crippen MR) is 115 cm³/mol. The molecule has 0 fully saturated rings. The van der Waals surface area contributed by atoms with Crippen LogP contribution in [0.1, 0.15) is 25.3 Å². The van der Waals surface area contributed by atoms with E-state index in [0.29, 0.717) is 0 Å².